The van der Waals surface area contributed by atoms with Gasteiger partial charge in [0.05, 0.1) is 19.3 Å². The molecule has 0 aliphatic carbocycles. The van der Waals surface area contributed by atoms with Crippen LogP contribution in [0.1, 0.15) is 19.4 Å². The van der Waals surface area contributed by atoms with Crippen LogP contribution in [-0.2, 0) is 10.3 Å². The van der Waals surface area contributed by atoms with E-state index in [1.807, 2.05) is 13.8 Å². The molecule has 22 heavy (non-hydrogen) atoms. The molecule has 121 valence electrons. The minimum Gasteiger partial charge on any atom is -0.395 e. The monoisotopic (exact) mass is 310 g/mol. The molecule has 3 N–H and O–H groups in total. The number of nitrogens with one attached hydrogen (secondary N) is 2. The van der Waals surface area contributed by atoms with Crippen LogP contribution < -0.4 is 16.0 Å². The number of benzene rings is 1. The first-order valence-corrected chi connectivity index (χ1v) is 7.23. The van der Waals surface area contributed by atoms with E-state index in [-0.39, 0.29) is 19.2 Å². The van der Waals surface area contributed by atoms with Crippen LogP contribution in [0.4, 0.5) is 14.9 Å². The molecule has 2 rings (SSSR count). The van der Waals surface area contributed by atoms with E-state index in [2.05, 4.69) is 16.0 Å². The Kier molecular flexibility index (Phi) is 5.33. The first kappa shape index (κ1) is 16.7. The van der Waals surface area contributed by atoms with Gasteiger partial charge < -0.3 is 20.5 Å². The molecule has 1 saturated heterocycles. The number of amides is 2. The molecule has 2 atom stereocenters. The quantitative estimate of drug-likeness (QED) is 0.780. The Hall–Kier alpha value is -1.70. The lowest BCUT2D eigenvalue weighted by Gasteiger charge is -2.39. The molecule has 6 nitrogen and oxygen atoms in total. The lowest BCUT2D eigenvalue weighted by atomic mass is 9.87. The topological polar surface area (TPSA) is 84.7 Å². The molecule has 1 aliphatic heterocycles. The SMILES string of the molecule is CC1[N]CCO[C@@]1(C)c1ccc(NC(=O)NCCO)cc1F. The highest BCUT2D eigenvalue weighted by Crippen LogP contribution is 2.34. The summed E-state index contributed by atoms with van der Waals surface area (Å²) in [6.07, 6.45) is 0. The van der Waals surface area contributed by atoms with Crippen molar-refractivity contribution in [2.45, 2.75) is 25.5 Å². The standard InChI is InChI=1S/C15H21FN3O3/c1-10-15(2,22-8-6-17-10)12-4-3-11(9-13(12)16)19-14(21)18-5-7-20/h3-4,9-10,20H,5-8H2,1-2H3,(H2,18,19,21)/t10?,15-/m1/s1. The number of carbonyl (C=O) groups excluding carboxylic acids is 1. The maximum Gasteiger partial charge on any atom is 0.319 e. The minimum atomic E-state index is -0.806. The molecule has 1 aromatic rings. The van der Waals surface area contributed by atoms with Gasteiger partial charge in [-0.3, -0.25) is 0 Å². The number of rotatable bonds is 4. The summed E-state index contributed by atoms with van der Waals surface area (Å²) < 4.78 is 20.2. The number of urea groups is 1. The summed E-state index contributed by atoms with van der Waals surface area (Å²) in [6, 6.07) is 3.83. The molecular formula is C15H21FN3O3. The van der Waals surface area contributed by atoms with Crippen molar-refractivity contribution < 1.29 is 19.0 Å². The van der Waals surface area contributed by atoms with E-state index >= 15 is 0 Å². The lowest BCUT2D eigenvalue weighted by molar-refractivity contribution is -0.0886. The van der Waals surface area contributed by atoms with Crippen molar-refractivity contribution in [3.8, 4) is 0 Å². The van der Waals surface area contributed by atoms with Crippen LogP contribution in [0.25, 0.3) is 0 Å². The number of nitrogens with zero attached hydrogens (tertiary/aromatic N) is 1. The van der Waals surface area contributed by atoms with Gasteiger partial charge in [0, 0.05) is 24.3 Å². The number of morpholine rings is 1. The Morgan fingerprint density at radius 1 is 1.59 bits per heavy atom. The van der Waals surface area contributed by atoms with Crippen LogP contribution in [0.5, 0.6) is 0 Å². The molecule has 0 saturated carbocycles. The zero-order valence-electron chi connectivity index (χ0n) is 12.7. The van der Waals surface area contributed by atoms with Crippen LogP contribution in [-0.4, -0.2) is 43.5 Å². The fraction of sp³-hybridized carbons (Fsp3) is 0.533. The van der Waals surface area contributed by atoms with Gasteiger partial charge in [0.1, 0.15) is 11.4 Å². The molecule has 1 fully saturated rings. The third-order valence-corrected chi connectivity index (χ3v) is 3.85. The summed E-state index contributed by atoms with van der Waals surface area (Å²) in [5, 5.41) is 18.0. The summed E-state index contributed by atoms with van der Waals surface area (Å²) in [5.41, 5.74) is -0.0505. The van der Waals surface area contributed by atoms with Crippen molar-refractivity contribution in [3.63, 3.8) is 0 Å². The lowest BCUT2D eigenvalue weighted by Crippen LogP contribution is -2.49. The molecule has 2 amide bonds. The second-order valence-corrected chi connectivity index (χ2v) is 5.34. The number of hydrogen-bond acceptors (Lipinski definition) is 3. The average molecular weight is 310 g/mol. The van der Waals surface area contributed by atoms with Crippen molar-refractivity contribution in [1.82, 2.24) is 10.6 Å². The zero-order chi connectivity index (χ0) is 16.2. The van der Waals surface area contributed by atoms with Crippen LogP contribution in [0, 0.1) is 5.82 Å². The Bertz CT molecular complexity index is 541. The Morgan fingerprint density at radius 3 is 3.00 bits per heavy atom. The van der Waals surface area contributed by atoms with Crippen LogP contribution >= 0.6 is 0 Å². The number of halogens is 1. The Balaban J connectivity index is 2.14. The predicted octanol–water partition coefficient (Wildman–Crippen LogP) is 1.18. The van der Waals surface area contributed by atoms with Gasteiger partial charge in [-0.15, -0.1) is 0 Å². The van der Waals surface area contributed by atoms with E-state index in [1.165, 1.54) is 6.07 Å². The summed E-state index contributed by atoms with van der Waals surface area (Å²) in [5.74, 6) is -0.452. The van der Waals surface area contributed by atoms with Gasteiger partial charge in [0.15, 0.2) is 0 Å². The largest absolute Gasteiger partial charge is 0.395 e. The summed E-state index contributed by atoms with van der Waals surface area (Å²) in [7, 11) is 0. The van der Waals surface area contributed by atoms with Crippen molar-refractivity contribution in [3.05, 3.63) is 29.6 Å². The molecule has 0 spiro atoms. The number of aliphatic hydroxyl groups excluding tert-OH is 1. The molecule has 1 heterocycles. The van der Waals surface area contributed by atoms with E-state index in [0.29, 0.717) is 24.4 Å². The predicted molar refractivity (Wildman–Crippen MR) is 80.3 cm³/mol. The number of aliphatic hydroxyl groups is 1. The van der Waals surface area contributed by atoms with Crippen molar-refractivity contribution in [2.24, 2.45) is 0 Å². The summed E-state index contributed by atoms with van der Waals surface area (Å²) in [4.78, 5) is 11.5. The van der Waals surface area contributed by atoms with Gasteiger partial charge in [-0.05, 0) is 26.0 Å². The molecule has 1 aliphatic rings. The van der Waals surface area contributed by atoms with Gasteiger partial charge in [-0.1, -0.05) is 6.07 Å². The maximum atomic E-state index is 14.4. The molecule has 1 radical (unpaired) electrons. The van der Waals surface area contributed by atoms with E-state index in [1.54, 1.807) is 12.1 Å². The fourth-order valence-corrected chi connectivity index (χ4v) is 2.44. The molecule has 1 unspecified atom stereocenters. The Labute approximate surface area is 129 Å². The van der Waals surface area contributed by atoms with Gasteiger partial charge in [0.25, 0.3) is 0 Å². The van der Waals surface area contributed by atoms with E-state index in [4.69, 9.17) is 9.84 Å². The number of ether oxygens (including phenoxy) is 1. The van der Waals surface area contributed by atoms with E-state index in [9.17, 15) is 9.18 Å². The van der Waals surface area contributed by atoms with Crippen LogP contribution in [0.2, 0.25) is 0 Å². The summed E-state index contributed by atoms with van der Waals surface area (Å²) in [6.45, 7) is 4.77. The Morgan fingerprint density at radius 2 is 2.36 bits per heavy atom. The normalized spacial score (nSPS) is 24.8. The third kappa shape index (κ3) is 3.55. The van der Waals surface area contributed by atoms with Gasteiger partial charge in [-0.25, -0.2) is 14.5 Å². The summed E-state index contributed by atoms with van der Waals surface area (Å²) >= 11 is 0. The van der Waals surface area contributed by atoms with Crippen molar-refractivity contribution in [2.75, 3.05) is 31.6 Å². The molecule has 1 aromatic carbocycles. The highest BCUT2D eigenvalue weighted by Gasteiger charge is 2.39. The van der Waals surface area contributed by atoms with Crippen LogP contribution in [0.15, 0.2) is 18.2 Å². The van der Waals surface area contributed by atoms with Gasteiger partial charge in [0.2, 0.25) is 0 Å². The fourth-order valence-electron chi connectivity index (χ4n) is 2.44. The first-order valence-electron chi connectivity index (χ1n) is 7.23. The zero-order valence-corrected chi connectivity index (χ0v) is 12.7. The van der Waals surface area contributed by atoms with E-state index < -0.39 is 17.4 Å². The van der Waals surface area contributed by atoms with Gasteiger partial charge in [-0.2, -0.15) is 0 Å². The smallest absolute Gasteiger partial charge is 0.319 e. The van der Waals surface area contributed by atoms with E-state index in [0.717, 1.165) is 0 Å². The second kappa shape index (κ2) is 7.04. The molecule has 0 bridgehead atoms. The first-order chi connectivity index (χ1) is 10.5. The highest BCUT2D eigenvalue weighted by atomic mass is 19.1. The molecule has 7 heteroatoms. The third-order valence-electron chi connectivity index (χ3n) is 3.85. The van der Waals surface area contributed by atoms with Gasteiger partial charge >= 0.3 is 6.03 Å². The number of hydrogen-bond donors (Lipinski definition) is 3. The molecule has 0 aromatic heterocycles. The maximum absolute atomic E-state index is 14.4. The number of anilines is 1. The highest BCUT2D eigenvalue weighted by molar-refractivity contribution is 5.89. The average Bonchev–Trinajstić information content (AvgIpc) is 2.48. The van der Waals surface area contributed by atoms with Crippen molar-refractivity contribution >= 4 is 11.7 Å². The molecular weight excluding hydrogens is 289 g/mol. The number of carbonyl (C=O) groups is 1. The van der Waals surface area contributed by atoms with Crippen molar-refractivity contribution in [1.29, 1.82) is 0 Å². The minimum absolute atomic E-state index is 0.136. The second-order valence-electron chi connectivity index (χ2n) is 5.34. The van der Waals surface area contributed by atoms with Crippen LogP contribution in [0.3, 0.4) is 0 Å².